The fourth-order valence-corrected chi connectivity index (χ4v) is 2.91. The first-order valence-corrected chi connectivity index (χ1v) is 5.81. The van der Waals surface area contributed by atoms with Crippen LogP contribution in [-0.2, 0) is 5.41 Å². The molecule has 0 fully saturated rings. The molecule has 1 aliphatic heterocycles. The summed E-state index contributed by atoms with van der Waals surface area (Å²) in [5.74, 6) is 1.02. The van der Waals surface area contributed by atoms with Crippen molar-refractivity contribution in [2.75, 3.05) is 5.73 Å². The van der Waals surface area contributed by atoms with Crippen molar-refractivity contribution in [1.29, 1.82) is 0 Å². The molecule has 16 heavy (non-hydrogen) atoms. The van der Waals surface area contributed by atoms with Gasteiger partial charge in [0.2, 0.25) is 0 Å². The van der Waals surface area contributed by atoms with Crippen molar-refractivity contribution in [2.24, 2.45) is 0 Å². The lowest BCUT2D eigenvalue weighted by atomic mass is 9.73. The summed E-state index contributed by atoms with van der Waals surface area (Å²) in [5.41, 5.74) is 9.14. The van der Waals surface area contributed by atoms with Crippen LogP contribution >= 0.6 is 0 Å². The van der Waals surface area contributed by atoms with Gasteiger partial charge in [0.05, 0.1) is 0 Å². The van der Waals surface area contributed by atoms with Gasteiger partial charge in [0.15, 0.2) is 0 Å². The van der Waals surface area contributed by atoms with E-state index >= 15 is 0 Å². The van der Waals surface area contributed by atoms with Gasteiger partial charge < -0.3 is 10.5 Å². The molecule has 2 rings (SSSR count). The molecule has 0 bridgehead atoms. The topological polar surface area (TPSA) is 35.2 Å². The maximum absolute atomic E-state index is 6.09. The molecule has 2 heteroatoms. The average molecular weight is 219 g/mol. The van der Waals surface area contributed by atoms with Crippen LogP contribution in [0.15, 0.2) is 12.1 Å². The molecule has 2 nitrogen and oxygen atoms in total. The normalized spacial score (nSPS) is 21.1. The predicted molar refractivity (Wildman–Crippen MR) is 67.9 cm³/mol. The Morgan fingerprint density at radius 3 is 2.44 bits per heavy atom. The van der Waals surface area contributed by atoms with E-state index in [1.54, 1.807) is 0 Å². The van der Waals surface area contributed by atoms with E-state index in [-0.39, 0.29) is 11.0 Å². The van der Waals surface area contributed by atoms with E-state index in [9.17, 15) is 0 Å². The fourth-order valence-electron chi connectivity index (χ4n) is 2.91. The molecular formula is C14H21NO. The minimum Gasteiger partial charge on any atom is -0.487 e. The van der Waals surface area contributed by atoms with E-state index in [1.807, 2.05) is 6.07 Å². The molecule has 1 aromatic carbocycles. The summed E-state index contributed by atoms with van der Waals surface area (Å²) < 4.78 is 6.09. The quantitative estimate of drug-likeness (QED) is 0.679. The molecule has 2 N–H and O–H groups in total. The second-order valence-electron chi connectivity index (χ2n) is 6.14. The van der Waals surface area contributed by atoms with E-state index in [1.165, 1.54) is 5.56 Å². The highest BCUT2D eigenvalue weighted by Gasteiger charge is 2.39. The first kappa shape index (κ1) is 11.3. The van der Waals surface area contributed by atoms with Gasteiger partial charge in [-0.1, -0.05) is 13.8 Å². The van der Waals surface area contributed by atoms with Crippen LogP contribution < -0.4 is 10.5 Å². The van der Waals surface area contributed by atoms with Crippen LogP contribution in [0.25, 0.3) is 0 Å². The van der Waals surface area contributed by atoms with Crippen LogP contribution in [0, 0.1) is 6.92 Å². The lowest BCUT2D eigenvalue weighted by molar-refractivity contribution is 0.0526. The minimum absolute atomic E-state index is 0.0998. The summed E-state index contributed by atoms with van der Waals surface area (Å²) in [6, 6.07) is 4.04. The number of hydrogen-bond acceptors (Lipinski definition) is 2. The van der Waals surface area contributed by atoms with E-state index in [0.717, 1.165) is 23.4 Å². The van der Waals surface area contributed by atoms with Gasteiger partial charge in [-0.3, -0.25) is 0 Å². The average Bonchev–Trinajstić information content (AvgIpc) is 2.05. The van der Waals surface area contributed by atoms with Gasteiger partial charge in [-0.05, 0) is 50.3 Å². The first-order chi connectivity index (χ1) is 7.21. The number of hydrogen-bond donors (Lipinski definition) is 1. The van der Waals surface area contributed by atoms with Crippen molar-refractivity contribution in [3.8, 4) is 5.75 Å². The molecule has 0 aliphatic carbocycles. The van der Waals surface area contributed by atoms with E-state index in [4.69, 9.17) is 10.5 Å². The molecule has 1 heterocycles. The van der Waals surface area contributed by atoms with Crippen molar-refractivity contribution >= 4 is 5.69 Å². The SMILES string of the molecule is Cc1cc(N)cc2c1OC(C)(C)CC2(C)C. The molecule has 0 amide bonds. The lowest BCUT2D eigenvalue weighted by Gasteiger charge is -2.43. The first-order valence-electron chi connectivity index (χ1n) is 5.81. The van der Waals surface area contributed by atoms with Crippen molar-refractivity contribution in [2.45, 2.75) is 52.1 Å². The Kier molecular flexibility index (Phi) is 2.23. The number of nitrogens with two attached hydrogens (primary N) is 1. The van der Waals surface area contributed by atoms with Gasteiger partial charge in [0, 0.05) is 11.3 Å². The maximum atomic E-state index is 6.09. The minimum atomic E-state index is -0.0998. The summed E-state index contributed by atoms with van der Waals surface area (Å²) in [6.45, 7) is 10.9. The number of nitrogen functional groups attached to an aromatic ring is 1. The summed E-state index contributed by atoms with van der Waals surface area (Å²) in [7, 11) is 0. The van der Waals surface area contributed by atoms with Gasteiger partial charge >= 0.3 is 0 Å². The smallest absolute Gasteiger partial charge is 0.126 e. The van der Waals surface area contributed by atoms with Crippen LogP contribution in [0.3, 0.4) is 0 Å². The van der Waals surface area contributed by atoms with Crippen LogP contribution in [-0.4, -0.2) is 5.60 Å². The van der Waals surface area contributed by atoms with Crippen LogP contribution in [0.4, 0.5) is 5.69 Å². The van der Waals surface area contributed by atoms with Crippen molar-refractivity contribution in [3.63, 3.8) is 0 Å². The third-order valence-corrected chi connectivity index (χ3v) is 3.27. The molecule has 1 aromatic rings. The van der Waals surface area contributed by atoms with Crippen molar-refractivity contribution in [1.82, 2.24) is 0 Å². The Bertz CT molecular complexity index is 433. The van der Waals surface area contributed by atoms with E-state index in [0.29, 0.717) is 0 Å². The van der Waals surface area contributed by atoms with Crippen LogP contribution in [0.2, 0.25) is 0 Å². The Balaban J connectivity index is 2.64. The third-order valence-electron chi connectivity index (χ3n) is 3.27. The van der Waals surface area contributed by atoms with Crippen LogP contribution in [0.1, 0.15) is 45.2 Å². The monoisotopic (exact) mass is 219 g/mol. The van der Waals surface area contributed by atoms with E-state index in [2.05, 4.69) is 40.7 Å². The van der Waals surface area contributed by atoms with Crippen molar-refractivity contribution in [3.05, 3.63) is 23.3 Å². The number of benzene rings is 1. The molecule has 0 saturated carbocycles. The maximum Gasteiger partial charge on any atom is 0.126 e. The summed E-state index contributed by atoms with van der Waals surface area (Å²) in [4.78, 5) is 0. The van der Waals surface area contributed by atoms with Crippen LogP contribution in [0.5, 0.6) is 5.75 Å². The van der Waals surface area contributed by atoms with E-state index < -0.39 is 0 Å². The summed E-state index contributed by atoms with van der Waals surface area (Å²) in [5, 5.41) is 0. The standard InChI is InChI=1S/C14H21NO/c1-9-6-10(15)7-11-12(9)16-14(4,5)8-13(11,2)3/h6-7H,8,15H2,1-5H3. The number of anilines is 1. The number of aryl methyl sites for hydroxylation is 1. The molecule has 0 spiro atoms. The summed E-state index contributed by atoms with van der Waals surface area (Å²) in [6.07, 6.45) is 1.01. The Morgan fingerprint density at radius 2 is 1.81 bits per heavy atom. The second-order valence-corrected chi connectivity index (χ2v) is 6.14. The van der Waals surface area contributed by atoms with Gasteiger partial charge in [-0.15, -0.1) is 0 Å². The van der Waals surface area contributed by atoms with Gasteiger partial charge in [-0.25, -0.2) is 0 Å². The van der Waals surface area contributed by atoms with Gasteiger partial charge in [-0.2, -0.15) is 0 Å². The zero-order valence-electron chi connectivity index (χ0n) is 10.8. The largest absolute Gasteiger partial charge is 0.487 e. The Morgan fingerprint density at radius 1 is 1.19 bits per heavy atom. The zero-order chi connectivity index (χ0) is 12.1. The highest BCUT2D eigenvalue weighted by Crippen LogP contribution is 2.46. The summed E-state index contributed by atoms with van der Waals surface area (Å²) >= 11 is 0. The van der Waals surface area contributed by atoms with Gasteiger partial charge in [0.25, 0.3) is 0 Å². The number of fused-ring (bicyclic) bond motifs is 1. The molecule has 1 aliphatic rings. The number of ether oxygens (including phenoxy) is 1. The number of rotatable bonds is 0. The zero-order valence-corrected chi connectivity index (χ0v) is 10.8. The molecule has 0 radical (unpaired) electrons. The Hall–Kier alpha value is -1.18. The third kappa shape index (κ3) is 1.77. The Labute approximate surface area is 97.8 Å². The highest BCUT2D eigenvalue weighted by molar-refractivity contribution is 5.56. The second kappa shape index (κ2) is 3.16. The molecule has 0 saturated heterocycles. The van der Waals surface area contributed by atoms with Gasteiger partial charge in [0.1, 0.15) is 11.4 Å². The van der Waals surface area contributed by atoms with Crippen molar-refractivity contribution < 1.29 is 4.74 Å². The molecule has 0 atom stereocenters. The molecule has 88 valence electrons. The lowest BCUT2D eigenvalue weighted by Crippen LogP contribution is -2.41. The molecular weight excluding hydrogens is 198 g/mol. The molecule has 0 unspecified atom stereocenters. The predicted octanol–water partition coefficient (Wildman–Crippen LogP) is 3.42. The highest BCUT2D eigenvalue weighted by atomic mass is 16.5. The molecule has 0 aromatic heterocycles. The fraction of sp³-hybridized carbons (Fsp3) is 0.571.